The van der Waals surface area contributed by atoms with E-state index < -0.39 is 39.6 Å². The molecule has 1 heterocycles. The van der Waals surface area contributed by atoms with Gasteiger partial charge in [-0.15, -0.1) is 5.06 Å². The summed E-state index contributed by atoms with van der Waals surface area (Å²) < 4.78 is 30.2. The number of hydrogen-bond acceptors (Lipinski definition) is 7. The van der Waals surface area contributed by atoms with Crippen LogP contribution < -0.4 is 5.32 Å². The Bertz CT molecular complexity index is 457. The predicted octanol–water partition coefficient (Wildman–Crippen LogP) is -2.32. The van der Waals surface area contributed by atoms with Crippen LogP contribution in [0.1, 0.15) is 6.42 Å². The number of hydrogen-bond donors (Lipinski definition) is 2. The summed E-state index contributed by atoms with van der Waals surface area (Å²) in [6.45, 7) is -0.256. The van der Waals surface area contributed by atoms with Crippen LogP contribution in [-0.2, 0) is 29.3 Å². The summed E-state index contributed by atoms with van der Waals surface area (Å²) in [4.78, 5) is 37.9. The molecule has 10 heteroatoms. The lowest BCUT2D eigenvalue weighted by molar-refractivity contribution is -0.196. The summed E-state index contributed by atoms with van der Waals surface area (Å²) in [5.41, 5.74) is 0. The molecule has 0 aromatic heterocycles. The monoisotopic (exact) mass is 266 g/mol. The maximum atomic E-state index is 11.4. The van der Waals surface area contributed by atoms with Crippen molar-refractivity contribution in [3.05, 3.63) is 0 Å². The largest absolute Gasteiger partial charge is 0.346 e. The van der Waals surface area contributed by atoms with Crippen LogP contribution in [0.2, 0.25) is 0 Å². The Kier molecular flexibility index (Phi) is 3.80. The van der Waals surface area contributed by atoms with Gasteiger partial charge in [-0.05, 0) is 7.05 Å². The SMILES string of the molecule is CNCC(=O)ON1C(=O)CC(S(=O)(=O)O)C1=O. The van der Waals surface area contributed by atoms with Crippen LogP contribution in [0.4, 0.5) is 0 Å². The molecule has 17 heavy (non-hydrogen) atoms. The van der Waals surface area contributed by atoms with Crippen molar-refractivity contribution in [2.75, 3.05) is 13.6 Å². The fraction of sp³-hybridized carbons (Fsp3) is 0.571. The van der Waals surface area contributed by atoms with Gasteiger partial charge in [0.05, 0.1) is 13.0 Å². The van der Waals surface area contributed by atoms with Crippen molar-refractivity contribution in [1.29, 1.82) is 0 Å². The van der Waals surface area contributed by atoms with Crippen molar-refractivity contribution in [2.45, 2.75) is 11.7 Å². The Balaban J connectivity index is 2.80. The van der Waals surface area contributed by atoms with E-state index in [0.717, 1.165) is 0 Å². The van der Waals surface area contributed by atoms with Gasteiger partial charge in [-0.3, -0.25) is 14.1 Å². The highest BCUT2D eigenvalue weighted by Gasteiger charge is 2.48. The fourth-order valence-corrected chi connectivity index (χ4v) is 1.89. The first-order valence-corrected chi connectivity index (χ1v) is 5.96. The van der Waals surface area contributed by atoms with E-state index >= 15 is 0 Å². The highest BCUT2D eigenvalue weighted by molar-refractivity contribution is 7.87. The van der Waals surface area contributed by atoms with Gasteiger partial charge in [-0.2, -0.15) is 8.42 Å². The molecule has 0 bridgehead atoms. The summed E-state index contributed by atoms with van der Waals surface area (Å²) >= 11 is 0. The number of rotatable bonds is 4. The Labute approximate surface area is 96.4 Å². The average Bonchev–Trinajstić information content (AvgIpc) is 2.45. The molecule has 1 atom stereocenters. The minimum Gasteiger partial charge on any atom is -0.329 e. The standard InChI is InChI=1S/C7H10N2O7S/c1-8-3-6(11)16-9-5(10)2-4(7(9)12)17(13,14)15/h4,8H,2-3H2,1H3,(H,13,14,15). The van der Waals surface area contributed by atoms with E-state index in [0.29, 0.717) is 0 Å². The molecule has 2 N–H and O–H groups in total. The third-order valence-corrected chi connectivity index (χ3v) is 3.02. The van der Waals surface area contributed by atoms with Crippen molar-refractivity contribution in [2.24, 2.45) is 0 Å². The first-order valence-electron chi connectivity index (χ1n) is 4.46. The number of nitrogens with zero attached hydrogens (tertiary/aromatic N) is 1. The lowest BCUT2D eigenvalue weighted by atomic mass is 10.4. The number of hydroxylamine groups is 2. The Morgan fingerprint density at radius 2 is 2.18 bits per heavy atom. The van der Waals surface area contributed by atoms with Crippen molar-refractivity contribution in [3.63, 3.8) is 0 Å². The first kappa shape index (κ1) is 13.5. The first-order chi connectivity index (χ1) is 7.77. The zero-order valence-electron chi connectivity index (χ0n) is 8.74. The van der Waals surface area contributed by atoms with E-state index in [-0.39, 0.29) is 11.6 Å². The van der Waals surface area contributed by atoms with E-state index in [4.69, 9.17) is 4.55 Å². The van der Waals surface area contributed by atoms with Gasteiger partial charge in [0.2, 0.25) is 0 Å². The molecule has 1 aliphatic heterocycles. The summed E-state index contributed by atoms with van der Waals surface area (Å²) in [5.74, 6) is -3.20. The van der Waals surface area contributed by atoms with Gasteiger partial charge in [-0.1, -0.05) is 0 Å². The average molecular weight is 266 g/mol. The molecule has 1 fully saturated rings. The molecule has 1 saturated heterocycles. The number of carbonyl (C=O) groups is 3. The van der Waals surface area contributed by atoms with E-state index in [1.54, 1.807) is 0 Å². The molecule has 9 nitrogen and oxygen atoms in total. The quantitative estimate of drug-likeness (QED) is 0.428. The van der Waals surface area contributed by atoms with Gasteiger partial charge in [0.1, 0.15) is 0 Å². The Morgan fingerprint density at radius 1 is 1.59 bits per heavy atom. The summed E-state index contributed by atoms with van der Waals surface area (Å²) in [6, 6.07) is 0. The van der Waals surface area contributed by atoms with Crippen LogP contribution in [0.5, 0.6) is 0 Å². The van der Waals surface area contributed by atoms with Crippen LogP contribution in [0, 0.1) is 0 Å². The molecular formula is C7H10N2O7S. The van der Waals surface area contributed by atoms with Gasteiger partial charge in [-0.25, -0.2) is 4.79 Å². The maximum absolute atomic E-state index is 11.4. The van der Waals surface area contributed by atoms with Crippen LogP contribution in [0.3, 0.4) is 0 Å². The van der Waals surface area contributed by atoms with E-state index in [1.165, 1.54) is 7.05 Å². The second-order valence-corrected chi connectivity index (χ2v) is 4.83. The lowest BCUT2D eigenvalue weighted by Crippen LogP contribution is -2.38. The van der Waals surface area contributed by atoms with E-state index in [2.05, 4.69) is 10.2 Å². The Hall–Kier alpha value is -1.52. The summed E-state index contributed by atoms with van der Waals surface area (Å²) in [5, 5.41) is 0.570. The molecule has 0 radical (unpaired) electrons. The molecule has 96 valence electrons. The maximum Gasteiger partial charge on any atom is 0.346 e. The zero-order chi connectivity index (χ0) is 13.2. The smallest absolute Gasteiger partial charge is 0.329 e. The molecule has 1 rings (SSSR count). The van der Waals surface area contributed by atoms with E-state index in [1.807, 2.05) is 0 Å². The van der Waals surface area contributed by atoms with Crippen LogP contribution in [-0.4, -0.2) is 54.7 Å². The molecular weight excluding hydrogens is 256 g/mol. The van der Waals surface area contributed by atoms with Crippen molar-refractivity contribution >= 4 is 27.9 Å². The molecule has 0 aromatic carbocycles. The van der Waals surface area contributed by atoms with Crippen molar-refractivity contribution in [1.82, 2.24) is 10.4 Å². The highest BCUT2D eigenvalue weighted by Crippen LogP contribution is 2.19. The minimum atomic E-state index is -4.68. The third kappa shape index (κ3) is 2.99. The minimum absolute atomic E-state index is 0.0537. The van der Waals surface area contributed by atoms with Crippen molar-refractivity contribution < 1.29 is 32.2 Å². The van der Waals surface area contributed by atoms with Crippen LogP contribution in [0.25, 0.3) is 0 Å². The van der Waals surface area contributed by atoms with Crippen LogP contribution >= 0.6 is 0 Å². The predicted molar refractivity (Wildman–Crippen MR) is 51.8 cm³/mol. The normalized spacial score (nSPS) is 20.8. The molecule has 0 aromatic rings. The van der Waals surface area contributed by atoms with Crippen LogP contribution in [0.15, 0.2) is 0 Å². The molecule has 2 amide bonds. The van der Waals surface area contributed by atoms with Crippen molar-refractivity contribution in [3.8, 4) is 0 Å². The van der Waals surface area contributed by atoms with Gasteiger partial charge in [0.15, 0.2) is 5.25 Å². The number of likely N-dealkylation sites (N-methyl/N-ethyl adjacent to an activating group) is 1. The Morgan fingerprint density at radius 3 is 2.59 bits per heavy atom. The zero-order valence-corrected chi connectivity index (χ0v) is 9.56. The van der Waals surface area contributed by atoms with Gasteiger partial charge >= 0.3 is 5.97 Å². The third-order valence-electron chi connectivity index (χ3n) is 1.94. The summed E-state index contributed by atoms with van der Waals surface area (Å²) in [6.07, 6.45) is -0.746. The summed E-state index contributed by atoms with van der Waals surface area (Å²) in [7, 11) is -3.24. The van der Waals surface area contributed by atoms with Gasteiger partial charge < -0.3 is 10.2 Å². The molecule has 0 aliphatic carbocycles. The number of amides is 2. The topological polar surface area (TPSA) is 130 Å². The number of nitrogens with one attached hydrogen (secondary N) is 1. The highest BCUT2D eigenvalue weighted by atomic mass is 32.2. The molecule has 1 unspecified atom stereocenters. The van der Waals surface area contributed by atoms with E-state index in [9.17, 15) is 22.8 Å². The lowest BCUT2D eigenvalue weighted by Gasteiger charge is -2.12. The molecule has 0 spiro atoms. The number of carbonyl (C=O) groups excluding carboxylic acids is 3. The second-order valence-electron chi connectivity index (χ2n) is 3.23. The van der Waals surface area contributed by atoms with Gasteiger partial charge in [0, 0.05) is 0 Å². The second kappa shape index (κ2) is 4.77. The number of imide groups is 1. The van der Waals surface area contributed by atoms with Gasteiger partial charge in [0.25, 0.3) is 21.9 Å². The molecule has 0 saturated carbocycles. The fourth-order valence-electron chi connectivity index (χ4n) is 1.19. The molecule has 1 aliphatic rings.